The second-order valence-electron chi connectivity index (χ2n) is 6.20. The molecule has 0 aliphatic heterocycles. The van der Waals surface area contributed by atoms with Crippen molar-refractivity contribution in [2.24, 2.45) is 0 Å². The minimum absolute atomic E-state index is 0.0703. The molecule has 3 aromatic rings. The molecule has 136 valence electrons. The van der Waals surface area contributed by atoms with Gasteiger partial charge in [0.2, 0.25) is 11.9 Å². The smallest absolute Gasteiger partial charge is 0.254 e. The monoisotopic (exact) mass is 372 g/mol. The van der Waals surface area contributed by atoms with E-state index in [4.69, 9.17) is 17.3 Å². The number of carbonyl (C=O) groups excluding carboxylic acids is 1. The molecule has 1 atom stereocenters. The van der Waals surface area contributed by atoms with E-state index in [0.717, 1.165) is 28.9 Å². The fourth-order valence-electron chi connectivity index (χ4n) is 3.00. The quantitative estimate of drug-likeness (QED) is 0.717. The number of rotatable bonds is 5. The Kier molecular flexibility index (Phi) is 5.08. The Morgan fingerprint density at radius 2 is 1.96 bits per heavy atom. The lowest BCUT2D eigenvalue weighted by molar-refractivity contribution is -0.121. The molecule has 0 bridgehead atoms. The summed E-state index contributed by atoms with van der Waals surface area (Å²) in [6, 6.07) is 7.44. The molecule has 0 saturated heterocycles. The van der Waals surface area contributed by atoms with Gasteiger partial charge in [0.1, 0.15) is 0 Å². The lowest BCUT2D eigenvalue weighted by atomic mass is 10.0. The summed E-state index contributed by atoms with van der Waals surface area (Å²) in [4.78, 5) is 21.1. The summed E-state index contributed by atoms with van der Waals surface area (Å²) >= 11 is 5.94. The van der Waals surface area contributed by atoms with Gasteiger partial charge in [-0.1, -0.05) is 30.7 Å². The number of amides is 1. The summed E-state index contributed by atoms with van der Waals surface area (Å²) in [5, 5.41) is 7.88. The molecule has 2 heterocycles. The van der Waals surface area contributed by atoms with Crippen molar-refractivity contribution in [1.82, 2.24) is 24.9 Å². The van der Waals surface area contributed by atoms with Crippen molar-refractivity contribution in [3.63, 3.8) is 0 Å². The number of aryl methyl sites for hydroxylation is 2. The van der Waals surface area contributed by atoms with Gasteiger partial charge in [0.15, 0.2) is 0 Å². The molecule has 1 aromatic carbocycles. The molecule has 0 aliphatic rings. The van der Waals surface area contributed by atoms with E-state index < -0.39 is 0 Å². The van der Waals surface area contributed by atoms with Gasteiger partial charge in [-0.05, 0) is 38.0 Å². The fourth-order valence-corrected chi connectivity index (χ4v) is 3.13. The van der Waals surface area contributed by atoms with E-state index in [1.54, 1.807) is 4.52 Å². The third-order valence-corrected chi connectivity index (χ3v) is 4.67. The van der Waals surface area contributed by atoms with E-state index >= 15 is 0 Å². The summed E-state index contributed by atoms with van der Waals surface area (Å²) in [7, 11) is 0. The molecule has 0 fully saturated rings. The zero-order chi connectivity index (χ0) is 18.8. The van der Waals surface area contributed by atoms with Crippen LogP contribution in [0.5, 0.6) is 0 Å². The number of benzene rings is 1. The Hall–Kier alpha value is -2.67. The second-order valence-corrected chi connectivity index (χ2v) is 6.64. The van der Waals surface area contributed by atoms with Crippen molar-refractivity contribution in [1.29, 1.82) is 0 Å². The summed E-state index contributed by atoms with van der Waals surface area (Å²) < 4.78 is 1.57. The van der Waals surface area contributed by atoms with Gasteiger partial charge >= 0.3 is 0 Å². The zero-order valence-corrected chi connectivity index (χ0v) is 15.7. The number of hydrogen-bond donors (Lipinski definition) is 2. The average molecular weight is 373 g/mol. The van der Waals surface area contributed by atoms with E-state index in [9.17, 15) is 4.79 Å². The van der Waals surface area contributed by atoms with E-state index in [2.05, 4.69) is 20.4 Å². The first-order valence-corrected chi connectivity index (χ1v) is 8.80. The minimum atomic E-state index is -0.0766. The van der Waals surface area contributed by atoms with E-state index in [1.807, 2.05) is 45.0 Å². The maximum Gasteiger partial charge on any atom is 0.254 e. The molecule has 1 amide bonds. The molecule has 1 unspecified atom stereocenters. The summed E-state index contributed by atoms with van der Waals surface area (Å²) in [6.07, 6.45) is 0.993. The van der Waals surface area contributed by atoms with Crippen LogP contribution in [0.15, 0.2) is 24.3 Å². The van der Waals surface area contributed by atoms with Crippen LogP contribution < -0.4 is 11.1 Å². The lowest BCUT2D eigenvalue weighted by Crippen LogP contribution is -2.30. The van der Waals surface area contributed by atoms with E-state index in [1.165, 1.54) is 0 Å². The first-order chi connectivity index (χ1) is 12.4. The number of nitrogens with one attached hydrogen (secondary N) is 1. The van der Waals surface area contributed by atoms with Crippen LogP contribution in [0.1, 0.15) is 41.9 Å². The van der Waals surface area contributed by atoms with Crippen LogP contribution >= 0.6 is 11.6 Å². The predicted octanol–water partition coefficient (Wildman–Crippen LogP) is 2.79. The Bertz CT molecular complexity index is 950. The van der Waals surface area contributed by atoms with Crippen LogP contribution in [0.3, 0.4) is 0 Å². The van der Waals surface area contributed by atoms with Crippen LogP contribution in [-0.2, 0) is 11.2 Å². The number of aromatic nitrogens is 4. The van der Waals surface area contributed by atoms with Crippen LogP contribution in [0.2, 0.25) is 5.02 Å². The van der Waals surface area contributed by atoms with E-state index in [0.29, 0.717) is 10.8 Å². The van der Waals surface area contributed by atoms with Gasteiger partial charge in [-0.25, -0.2) is 4.98 Å². The second kappa shape index (κ2) is 7.29. The molecule has 0 radical (unpaired) electrons. The van der Waals surface area contributed by atoms with Crippen LogP contribution in [0, 0.1) is 13.8 Å². The highest BCUT2D eigenvalue weighted by atomic mass is 35.5. The number of fused-ring (bicyclic) bond motifs is 1. The normalized spacial score (nSPS) is 12.3. The molecular formula is C18H21ClN6O. The Balaban J connectivity index is 1.81. The van der Waals surface area contributed by atoms with Gasteiger partial charge in [-0.3, -0.25) is 4.79 Å². The van der Waals surface area contributed by atoms with Crippen molar-refractivity contribution >= 4 is 29.2 Å². The van der Waals surface area contributed by atoms with Gasteiger partial charge in [0, 0.05) is 22.0 Å². The molecule has 7 nitrogen and oxygen atoms in total. The number of nitrogen functional groups attached to an aromatic ring is 1. The van der Waals surface area contributed by atoms with Crippen molar-refractivity contribution in [2.45, 2.75) is 39.7 Å². The summed E-state index contributed by atoms with van der Waals surface area (Å²) in [5.41, 5.74) is 9.06. The molecule has 0 aliphatic carbocycles. The molecule has 3 N–H and O–H groups in total. The third kappa shape index (κ3) is 3.62. The first kappa shape index (κ1) is 18.1. The number of halogens is 1. The molecular weight excluding hydrogens is 352 g/mol. The first-order valence-electron chi connectivity index (χ1n) is 8.42. The Labute approximate surface area is 156 Å². The van der Waals surface area contributed by atoms with Crippen molar-refractivity contribution in [3.05, 3.63) is 51.8 Å². The number of nitrogens with zero attached hydrogens (tertiary/aromatic N) is 4. The van der Waals surface area contributed by atoms with Crippen molar-refractivity contribution in [2.75, 3.05) is 5.73 Å². The van der Waals surface area contributed by atoms with Gasteiger partial charge in [-0.15, -0.1) is 5.10 Å². The number of hydrogen-bond acceptors (Lipinski definition) is 5. The van der Waals surface area contributed by atoms with Gasteiger partial charge in [0.05, 0.1) is 12.5 Å². The minimum Gasteiger partial charge on any atom is -0.366 e. The van der Waals surface area contributed by atoms with Crippen molar-refractivity contribution < 1.29 is 4.79 Å². The molecule has 2 aromatic heterocycles. The molecule has 0 saturated carbocycles. The summed E-state index contributed by atoms with van der Waals surface area (Å²) in [6.45, 7) is 5.77. The largest absolute Gasteiger partial charge is 0.366 e. The van der Waals surface area contributed by atoms with E-state index in [-0.39, 0.29) is 24.3 Å². The highest BCUT2D eigenvalue weighted by Crippen LogP contribution is 2.20. The van der Waals surface area contributed by atoms with Crippen LogP contribution in [-0.4, -0.2) is 25.5 Å². The SMILES string of the molecule is CCC(NC(=O)Cc1c(C)nc2nc(N)nn2c1C)c1ccc(Cl)cc1. The third-order valence-electron chi connectivity index (χ3n) is 4.42. The topological polar surface area (TPSA) is 98.2 Å². The lowest BCUT2D eigenvalue weighted by Gasteiger charge is -2.18. The van der Waals surface area contributed by atoms with Gasteiger partial charge in [0.25, 0.3) is 5.78 Å². The number of anilines is 1. The predicted molar refractivity (Wildman–Crippen MR) is 101 cm³/mol. The molecule has 3 rings (SSSR count). The molecule has 8 heteroatoms. The van der Waals surface area contributed by atoms with Gasteiger partial charge in [-0.2, -0.15) is 9.50 Å². The molecule has 0 spiro atoms. The standard InChI is InChI=1S/C18H21ClN6O/c1-4-15(12-5-7-13(19)8-6-12)22-16(26)9-14-10(2)21-18-23-17(20)24-25(18)11(14)3/h5-8,15H,4,9H2,1-3H3,(H2,20,24)(H,22,26). The van der Waals surface area contributed by atoms with Gasteiger partial charge < -0.3 is 11.1 Å². The Morgan fingerprint density at radius 3 is 2.62 bits per heavy atom. The Morgan fingerprint density at radius 1 is 1.27 bits per heavy atom. The maximum absolute atomic E-state index is 12.6. The highest BCUT2D eigenvalue weighted by molar-refractivity contribution is 6.30. The van der Waals surface area contributed by atoms with Crippen LogP contribution in [0.25, 0.3) is 5.78 Å². The highest BCUT2D eigenvalue weighted by Gasteiger charge is 2.18. The molecule has 26 heavy (non-hydrogen) atoms. The number of nitrogens with two attached hydrogens (primary N) is 1. The zero-order valence-electron chi connectivity index (χ0n) is 15.0. The number of carbonyl (C=O) groups is 1. The fraction of sp³-hybridized carbons (Fsp3) is 0.333. The maximum atomic E-state index is 12.6. The average Bonchev–Trinajstić information content (AvgIpc) is 2.98. The van der Waals surface area contributed by atoms with Crippen LogP contribution in [0.4, 0.5) is 5.95 Å². The summed E-state index contributed by atoms with van der Waals surface area (Å²) in [5.74, 6) is 0.525. The van der Waals surface area contributed by atoms with Crippen molar-refractivity contribution in [3.8, 4) is 0 Å².